The molecule has 1 rings (SSSR count). The van der Waals surface area contributed by atoms with Crippen LogP contribution in [-0.4, -0.2) is 13.1 Å². The molecule has 0 aromatic heterocycles. The van der Waals surface area contributed by atoms with Crippen molar-refractivity contribution in [1.29, 1.82) is 0 Å². The van der Waals surface area contributed by atoms with Gasteiger partial charge in [0.25, 0.3) is 0 Å². The Hall–Kier alpha value is -0.300. The molecule has 1 aliphatic heterocycles. The Labute approximate surface area is 69.9 Å². The van der Waals surface area contributed by atoms with Gasteiger partial charge in [0, 0.05) is 13.1 Å². The van der Waals surface area contributed by atoms with Gasteiger partial charge in [0.1, 0.15) is 0 Å². The van der Waals surface area contributed by atoms with Crippen LogP contribution in [0.3, 0.4) is 0 Å². The summed E-state index contributed by atoms with van der Waals surface area (Å²) in [7, 11) is 0. The van der Waals surface area contributed by atoms with Crippen LogP contribution in [-0.2, 0) is 0 Å². The molecule has 0 aromatic carbocycles. The van der Waals surface area contributed by atoms with Gasteiger partial charge in [-0.25, -0.2) is 0 Å². The minimum absolute atomic E-state index is 0.327. The lowest BCUT2D eigenvalue weighted by Gasteiger charge is -2.19. The quantitative estimate of drug-likeness (QED) is 0.526. The second kappa shape index (κ2) is 2.63. The van der Waals surface area contributed by atoms with Gasteiger partial charge in [-0.2, -0.15) is 0 Å². The van der Waals surface area contributed by atoms with Crippen molar-refractivity contribution in [2.75, 3.05) is 13.1 Å². The molecule has 1 aliphatic rings. The molecule has 1 nitrogen and oxygen atoms in total. The van der Waals surface area contributed by atoms with Gasteiger partial charge in [0.2, 0.25) is 0 Å². The van der Waals surface area contributed by atoms with E-state index in [1.54, 1.807) is 0 Å². The zero-order chi connectivity index (χ0) is 8.54. The Balaban J connectivity index is 2.72. The molecular weight excluding hydrogens is 134 g/mol. The van der Waals surface area contributed by atoms with Crippen molar-refractivity contribution in [3.8, 4) is 0 Å². The maximum absolute atomic E-state index is 3.47. The molecule has 0 saturated carbocycles. The first-order chi connectivity index (χ1) is 4.91. The minimum Gasteiger partial charge on any atom is -0.315 e. The molecule has 0 aromatic rings. The van der Waals surface area contributed by atoms with Crippen molar-refractivity contribution < 1.29 is 0 Å². The molecule has 0 amide bonds. The topological polar surface area (TPSA) is 12.0 Å². The Morgan fingerprint density at radius 2 is 1.27 bits per heavy atom. The average molecular weight is 153 g/mol. The summed E-state index contributed by atoms with van der Waals surface area (Å²) in [5.74, 6) is 0. The molecule has 0 aliphatic carbocycles. The van der Waals surface area contributed by atoms with Crippen LogP contribution in [0.1, 0.15) is 27.7 Å². The maximum atomic E-state index is 3.47. The largest absolute Gasteiger partial charge is 0.315 e. The fraction of sp³-hybridized carbons (Fsp3) is 0.800. The second-order valence-electron chi connectivity index (χ2n) is 4.91. The van der Waals surface area contributed by atoms with Gasteiger partial charge >= 0.3 is 0 Å². The highest BCUT2D eigenvalue weighted by atomic mass is 14.9. The van der Waals surface area contributed by atoms with Crippen molar-refractivity contribution in [2.24, 2.45) is 10.8 Å². The van der Waals surface area contributed by atoms with Gasteiger partial charge in [0.15, 0.2) is 0 Å². The third-order valence-corrected chi connectivity index (χ3v) is 2.15. The van der Waals surface area contributed by atoms with E-state index in [0.717, 1.165) is 13.1 Å². The highest BCUT2D eigenvalue weighted by Gasteiger charge is 2.22. The number of hydrogen-bond acceptors (Lipinski definition) is 1. The number of nitrogens with one attached hydrogen (secondary N) is 1. The highest BCUT2D eigenvalue weighted by molar-refractivity contribution is 5.06. The zero-order valence-electron chi connectivity index (χ0n) is 8.07. The predicted octanol–water partition coefficient (Wildman–Crippen LogP) is 2.20. The Bertz CT molecular complexity index is 148. The van der Waals surface area contributed by atoms with Crippen LogP contribution in [0.2, 0.25) is 0 Å². The summed E-state index contributed by atoms with van der Waals surface area (Å²) in [6.45, 7) is 11.2. The van der Waals surface area contributed by atoms with Crippen LogP contribution in [0.25, 0.3) is 0 Å². The standard InChI is InChI=1S/C10H19N/c1-9(2)5-6-10(3,4)8-11-7-9/h5-6,11H,7-8H2,1-4H3. The SMILES string of the molecule is CC1(C)C=CC(C)(C)CNC1. The van der Waals surface area contributed by atoms with E-state index in [-0.39, 0.29) is 0 Å². The smallest absolute Gasteiger partial charge is 0.00375 e. The zero-order valence-corrected chi connectivity index (χ0v) is 8.07. The van der Waals surface area contributed by atoms with E-state index in [4.69, 9.17) is 0 Å². The molecule has 0 bridgehead atoms. The van der Waals surface area contributed by atoms with E-state index < -0.39 is 0 Å². The van der Waals surface area contributed by atoms with E-state index >= 15 is 0 Å². The Morgan fingerprint density at radius 3 is 1.64 bits per heavy atom. The van der Waals surface area contributed by atoms with Gasteiger partial charge in [-0.1, -0.05) is 39.8 Å². The predicted molar refractivity (Wildman–Crippen MR) is 49.6 cm³/mol. The van der Waals surface area contributed by atoms with Crippen LogP contribution in [0, 0.1) is 10.8 Å². The molecule has 1 N–H and O–H groups in total. The van der Waals surface area contributed by atoms with Crippen LogP contribution >= 0.6 is 0 Å². The van der Waals surface area contributed by atoms with Crippen molar-refractivity contribution >= 4 is 0 Å². The van der Waals surface area contributed by atoms with E-state index in [1.807, 2.05) is 0 Å². The lowest BCUT2D eigenvalue weighted by Crippen LogP contribution is -2.31. The van der Waals surface area contributed by atoms with Gasteiger partial charge in [0.05, 0.1) is 0 Å². The van der Waals surface area contributed by atoms with Crippen LogP contribution in [0.15, 0.2) is 12.2 Å². The lowest BCUT2D eigenvalue weighted by atomic mass is 9.89. The third-order valence-electron chi connectivity index (χ3n) is 2.15. The van der Waals surface area contributed by atoms with Crippen molar-refractivity contribution in [3.63, 3.8) is 0 Å². The first kappa shape index (κ1) is 8.79. The summed E-state index contributed by atoms with van der Waals surface area (Å²) >= 11 is 0. The third kappa shape index (κ3) is 2.66. The molecular formula is C10H19N. The van der Waals surface area contributed by atoms with E-state index in [9.17, 15) is 0 Å². The molecule has 0 fully saturated rings. The fourth-order valence-corrected chi connectivity index (χ4v) is 1.28. The maximum Gasteiger partial charge on any atom is 0.00375 e. The lowest BCUT2D eigenvalue weighted by molar-refractivity contribution is 0.403. The summed E-state index contributed by atoms with van der Waals surface area (Å²) < 4.78 is 0. The summed E-state index contributed by atoms with van der Waals surface area (Å²) in [5, 5.41) is 3.47. The number of rotatable bonds is 0. The minimum atomic E-state index is 0.327. The van der Waals surface area contributed by atoms with Gasteiger partial charge < -0.3 is 5.32 Å². The van der Waals surface area contributed by atoms with Gasteiger partial charge in [-0.15, -0.1) is 0 Å². The molecule has 0 atom stereocenters. The molecule has 0 unspecified atom stereocenters. The monoisotopic (exact) mass is 153 g/mol. The average Bonchev–Trinajstić information content (AvgIpc) is 1.92. The Kier molecular flexibility index (Phi) is 2.10. The van der Waals surface area contributed by atoms with E-state index in [2.05, 4.69) is 45.2 Å². The summed E-state index contributed by atoms with van der Waals surface area (Å²) in [5.41, 5.74) is 0.654. The molecule has 0 radical (unpaired) electrons. The second-order valence-corrected chi connectivity index (χ2v) is 4.91. The summed E-state index contributed by atoms with van der Waals surface area (Å²) in [6, 6.07) is 0. The van der Waals surface area contributed by atoms with Crippen molar-refractivity contribution in [3.05, 3.63) is 12.2 Å². The van der Waals surface area contributed by atoms with Crippen LogP contribution < -0.4 is 5.32 Å². The molecule has 1 heteroatoms. The molecule has 64 valence electrons. The highest BCUT2D eigenvalue weighted by Crippen LogP contribution is 2.25. The van der Waals surface area contributed by atoms with E-state index in [1.165, 1.54) is 0 Å². The first-order valence-corrected chi connectivity index (χ1v) is 4.32. The van der Waals surface area contributed by atoms with Crippen molar-refractivity contribution in [1.82, 2.24) is 5.32 Å². The van der Waals surface area contributed by atoms with Crippen LogP contribution in [0.5, 0.6) is 0 Å². The van der Waals surface area contributed by atoms with Gasteiger partial charge in [-0.05, 0) is 10.8 Å². The number of hydrogen-bond donors (Lipinski definition) is 1. The normalized spacial score (nSPS) is 28.0. The molecule has 0 spiro atoms. The fourth-order valence-electron chi connectivity index (χ4n) is 1.28. The van der Waals surface area contributed by atoms with E-state index in [0.29, 0.717) is 10.8 Å². The molecule has 11 heavy (non-hydrogen) atoms. The summed E-state index contributed by atoms with van der Waals surface area (Å²) in [4.78, 5) is 0. The molecule has 1 heterocycles. The van der Waals surface area contributed by atoms with Gasteiger partial charge in [-0.3, -0.25) is 0 Å². The van der Waals surface area contributed by atoms with Crippen molar-refractivity contribution in [2.45, 2.75) is 27.7 Å². The summed E-state index contributed by atoms with van der Waals surface area (Å²) in [6.07, 6.45) is 4.65. The molecule has 0 saturated heterocycles. The Morgan fingerprint density at radius 1 is 0.909 bits per heavy atom. The first-order valence-electron chi connectivity index (χ1n) is 4.32. The van der Waals surface area contributed by atoms with Crippen LogP contribution in [0.4, 0.5) is 0 Å².